The maximum absolute atomic E-state index is 12.2. The summed E-state index contributed by atoms with van der Waals surface area (Å²) in [6, 6.07) is 0. The second-order valence-electron chi connectivity index (χ2n) is 8.78. The summed E-state index contributed by atoms with van der Waals surface area (Å²) in [5, 5.41) is 0. The van der Waals surface area contributed by atoms with Crippen LogP contribution in [0.3, 0.4) is 0 Å². The number of amides is 2. The summed E-state index contributed by atoms with van der Waals surface area (Å²) in [7, 11) is -7.03. The molecular formula is C20H36N2O8S2. The lowest BCUT2D eigenvalue weighted by Crippen LogP contribution is -2.40. The predicted molar refractivity (Wildman–Crippen MR) is 119 cm³/mol. The van der Waals surface area contributed by atoms with Gasteiger partial charge in [0.15, 0.2) is 0 Å². The summed E-state index contributed by atoms with van der Waals surface area (Å²) in [6.45, 7) is 2.58. The Bertz CT molecular complexity index is 758. The van der Waals surface area contributed by atoms with E-state index in [1.54, 1.807) is 9.80 Å². The molecule has 0 saturated carbocycles. The Morgan fingerprint density at radius 2 is 1.00 bits per heavy atom. The van der Waals surface area contributed by atoms with Crippen molar-refractivity contribution in [3.63, 3.8) is 0 Å². The number of nitrogens with zero attached hydrogens (tertiary/aromatic N) is 2. The zero-order chi connectivity index (χ0) is 23.8. The van der Waals surface area contributed by atoms with E-state index in [0.717, 1.165) is 51.0 Å². The number of carbonyl (C=O) groups excluding carboxylic acids is 2. The lowest BCUT2D eigenvalue weighted by atomic mass is 9.85. The van der Waals surface area contributed by atoms with E-state index < -0.39 is 20.2 Å². The van der Waals surface area contributed by atoms with Gasteiger partial charge >= 0.3 is 0 Å². The number of likely N-dealkylation sites (tertiary alicyclic amines) is 2. The molecule has 0 bridgehead atoms. The van der Waals surface area contributed by atoms with E-state index in [4.69, 9.17) is 0 Å². The van der Waals surface area contributed by atoms with Crippen molar-refractivity contribution >= 4 is 32.1 Å². The van der Waals surface area contributed by atoms with Crippen LogP contribution >= 0.6 is 0 Å². The SMILES string of the molecule is CS(=O)(=O)OCCC(=O)N1CCC(CCC2CCN(C(=O)CCOS(C)(=O)=O)CC2)CC1. The first-order valence-electron chi connectivity index (χ1n) is 11.2. The lowest BCUT2D eigenvalue weighted by molar-refractivity contribution is -0.134. The molecule has 0 atom stereocenters. The van der Waals surface area contributed by atoms with Gasteiger partial charge in [0.1, 0.15) is 0 Å². The molecule has 2 rings (SSSR count). The van der Waals surface area contributed by atoms with E-state index >= 15 is 0 Å². The molecule has 10 nitrogen and oxygen atoms in total. The lowest BCUT2D eigenvalue weighted by Gasteiger charge is -2.35. The third kappa shape index (κ3) is 10.6. The van der Waals surface area contributed by atoms with Gasteiger partial charge in [-0.25, -0.2) is 0 Å². The van der Waals surface area contributed by atoms with Gasteiger partial charge in [-0.15, -0.1) is 0 Å². The topological polar surface area (TPSA) is 127 Å². The fourth-order valence-electron chi connectivity index (χ4n) is 4.29. The van der Waals surface area contributed by atoms with Crippen LogP contribution in [-0.4, -0.2) is 90.4 Å². The Morgan fingerprint density at radius 1 is 0.688 bits per heavy atom. The van der Waals surface area contributed by atoms with E-state index in [-0.39, 0.29) is 37.9 Å². The highest BCUT2D eigenvalue weighted by Crippen LogP contribution is 2.28. The standard InChI is InChI=1S/C20H36N2O8S2/c1-31(25,26)29-15-9-19(23)21-11-5-17(6-12-21)3-4-18-7-13-22(14-8-18)20(24)10-16-30-32(2,27)28/h17-18H,3-16H2,1-2H3. The molecule has 0 N–H and O–H groups in total. The number of hydrogen-bond donors (Lipinski definition) is 0. The molecule has 0 aromatic rings. The van der Waals surface area contributed by atoms with Crippen LogP contribution in [-0.2, 0) is 38.2 Å². The van der Waals surface area contributed by atoms with E-state index in [0.29, 0.717) is 38.0 Å². The van der Waals surface area contributed by atoms with E-state index in [9.17, 15) is 26.4 Å². The van der Waals surface area contributed by atoms with Gasteiger partial charge in [0.2, 0.25) is 11.8 Å². The normalized spacial score (nSPS) is 19.3. The van der Waals surface area contributed by atoms with Crippen LogP contribution in [0.15, 0.2) is 0 Å². The van der Waals surface area contributed by atoms with Gasteiger partial charge in [0.25, 0.3) is 20.2 Å². The molecular weight excluding hydrogens is 460 g/mol. The highest BCUT2D eigenvalue weighted by molar-refractivity contribution is 7.86. The minimum atomic E-state index is -3.52. The minimum absolute atomic E-state index is 0.0638. The summed E-state index contributed by atoms with van der Waals surface area (Å²) in [5.74, 6) is 1.04. The molecule has 32 heavy (non-hydrogen) atoms. The molecule has 2 heterocycles. The smallest absolute Gasteiger partial charge is 0.264 e. The fraction of sp³-hybridized carbons (Fsp3) is 0.900. The average Bonchev–Trinajstić information content (AvgIpc) is 2.71. The van der Waals surface area contributed by atoms with Gasteiger partial charge in [-0.3, -0.25) is 18.0 Å². The second-order valence-corrected chi connectivity index (χ2v) is 12.1. The first-order chi connectivity index (χ1) is 14.9. The fourth-order valence-corrected chi connectivity index (χ4v) is 5.06. The van der Waals surface area contributed by atoms with Crippen molar-refractivity contribution in [2.24, 2.45) is 11.8 Å². The Balaban J connectivity index is 1.58. The Kier molecular flexibility index (Phi) is 10.4. The zero-order valence-electron chi connectivity index (χ0n) is 19.0. The summed E-state index contributed by atoms with van der Waals surface area (Å²) >= 11 is 0. The monoisotopic (exact) mass is 496 g/mol. The van der Waals surface area contributed by atoms with Crippen molar-refractivity contribution in [3.8, 4) is 0 Å². The van der Waals surface area contributed by atoms with Gasteiger partial charge in [0, 0.05) is 26.2 Å². The predicted octanol–water partition coefficient (Wildman–Crippen LogP) is 0.976. The van der Waals surface area contributed by atoms with Gasteiger partial charge in [-0.2, -0.15) is 16.8 Å². The molecule has 0 aliphatic carbocycles. The molecule has 0 aromatic heterocycles. The largest absolute Gasteiger partial charge is 0.343 e. The number of hydrogen-bond acceptors (Lipinski definition) is 8. The number of rotatable bonds is 11. The quantitative estimate of drug-likeness (QED) is 0.387. The van der Waals surface area contributed by atoms with Crippen molar-refractivity contribution in [2.45, 2.75) is 51.4 Å². The van der Waals surface area contributed by atoms with E-state index in [2.05, 4.69) is 8.37 Å². The summed E-state index contributed by atoms with van der Waals surface area (Å²) in [4.78, 5) is 27.9. The van der Waals surface area contributed by atoms with Crippen LogP contribution in [0.1, 0.15) is 51.4 Å². The summed E-state index contributed by atoms with van der Waals surface area (Å²) < 4.78 is 53.2. The van der Waals surface area contributed by atoms with Crippen LogP contribution in [0.4, 0.5) is 0 Å². The maximum Gasteiger partial charge on any atom is 0.264 e. The molecule has 2 saturated heterocycles. The van der Waals surface area contributed by atoms with Crippen molar-refractivity contribution in [2.75, 3.05) is 51.9 Å². The molecule has 2 fully saturated rings. The average molecular weight is 497 g/mol. The van der Waals surface area contributed by atoms with Crippen LogP contribution < -0.4 is 0 Å². The summed E-state index contributed by atoms with van der Waals surface area (Å²) in [5.41, 5.74) is 0. The molecule has 0 spiro atoms. The first-order valence-corrected chi connectivity index (χ1v) is 14.8. The van der Waals surface area contributed by atoms with Gasteiger partial charge in [-0.1, -0.05) is 12.8 Å². The van der Waals surface area contributed by atoms with Crippen LogP contribution in [0.2, 0.25) is 0 Å². The molecule has 0 unspecified atom stereocenters. The first kappa shape index (κ1) is 27.0. The van der Waals surface area contributed by atoms with Crippen molar-refractivity contribution in [1.29, 1.82) is 0 Å². The number of carbonyl (C=O) groups is 2. The Morgan fingerprint density at radius 3 is 1.28 bits per heavy atom. The molecule has 0 aromatic carbocycles. The van der Waals surface area contributed by atoms with E-state index in [1.165, 1.54) is 0 Å². The third-order valence-electron chi connectivity index (χ3n) is 6.14. The Labute approximate surface area is 191 Å². The third-order valence-corrected chi connectivity index (χ3v) is 7.33. The number of piperidine rings is 2. The second kappa shape index (κ2) is 12.3. The van der Waals surface area contributed by atoms with Gasteiger partial charge < -0.3 is 9.80 Å². The molecule has 2 aliphatic rings. The molecule has 12 heteroatoms. The molecule has 186 valence electrons. The van der Waals surface area contributed by atoms with Gasteiger partial charge in [0.05, 0.1) is 38.6 Å². The van der Waals surface area contributed by atoms with E-state index in [1.807, 2.05) is 0 Å². The van der Waals surface area contributed by atoms with Crippen LogP contribution in [0.5, 0.6) is 0 Å². The maximum atomic E-state index is 12.2. The molecule has 2 aliphatic heterocycles. The van der Waals surface area contributed by atoms with Crippen molar-refractivity contribution in [3.05, 3.63) is 0 Å². The minimum Gasteiger partial charge on any atom is -0.343 e. The van der Waals surface area contributed by atoms with Crippen molar-refractivity contribution < 1.29 is 34.8 Å². The highest BCUT2D eigenvalue weighted by Gasteiger charge is 2.26. The summed E-state index contributed by atoms with van der Waals surface area (Å²) in [6.07, 6.45) is 8.15. The van der Waals surface area contributed by atoms with Gasteiger partial charge in [-0.05, 0) is 37.5 Å². The molecule has 2 amide bonds. The zero-order valence-corrected chi connectivity index (χ0v) is 20.7. The van der Waals surface area contributed by atoms with Crippen molar-refractivity contribution in [1.82, 2.24) is 9.80 Å². The Hall–Kier alpha value is -1.24. The van der Waals surface area contributed by atoms with Crippen LogP contribution in [0, 0.1) is 11.8 Å². The van der Waals surface area contributed by atoms with Crippen LogP contribution in [0.25, 0.3) is 0 Å². The molecule has 0 radical (unpaired) electrons. The highest BCUT2D eigenvalue weighted by atomic mass is 32.2.